The highest BCUT2D eigenvalue weighted by Crippen LogP contribution is 2.32. The van der Waals surface area contributed by atoms with Gasteiger partial charge in [-0.1, -0.05) is 0 Å². The van der Waals surface area contributed by atoms with Crippen LogP contribution in [0.1, 0.15) is 25.0 Å². The second kappa shape index (κ2) is 6.53. The summed E-state index contributed by atoms with van der Waals surface area (Å²) >= 11 is 0. The van der Waals surface area contributed by atoms with E-state index in [9.17, 15) is 19.7 Å². The summed E-state index contributed by atoms with van der Waals surface area (Å²) in [5.74, 6) is -0.0385. The Kier molecular flexibility index (Phi) is 4.28. The smallest absolute Gasteiger partial charge is 0.294 e. The lowest BCUT2D eigenvalue weighted by atomic mass is 10.1. The quantitative estimate of drug-likeness (QED) is 0.513. The Morgan fingerprint density at radius 1 is 1.21 bits per heavy atom. The third kappa shape index (κ3) is 3.12. The maximum Gasteiger partial charge on any atom is 0.294 e. The molecule has 2 aromatic rings. The van der Waals surface area contributed by atoms with Gasteiger partial charge in [0.15, 0.2) is 0 Å². The zero-order chi connectivity index (χ0) is 17.1. The Morgan fingerprint density at radius 2 is 1.96 bits per heavy atom. The number of amides is 2. The molecule has 3 rings (SSSR count). The SMILES string of the molecule is O=C1CCCC(=O)N1c1ccc(NCc2ccco2)c([N+](=O)[O-])c1. The predicted octanol–water partition coefficient (Wildman–Crippen LogP) is 2.84. The summed E-state index contributed by atoms with van der Waals surface area (Å²) in [5, 5.41) is 14.3. The van der Waals surface area contributed by atoms with Crippen LogP contribution in [0.4, 0.5) is 17.1 Å². The average molecular weight is 329 g/mol. The first-order valence-electron chi connectivity index (χ1n) is 7.47. The van der Waals surface area contributed by atoms with Crippen molar-refractivity contribution in [3.63, 3.8) is 0 Å². The molecule has 0 spiro atoms. The molecule has 1 N–H and O–H groups in total. The molecule has 2 amide bonds. The number of nitro groups is 1. The fourth-order valence-electron chi connectivity index (χ4n) is 2.60. The Bertz CT molecular complexity index is 769. The number of carbonyl (C=O) groups is 2. The molecule has 1 aromatic heterocycles. The van der Waals surface area contributed by atoms with E-state index in [-0.39, 0.29) is 48.3 Å². The van der Waals surface area contributed by atoms with Crippen LogP contribution in [0.2, 0.25) is 0 Å². The molecule has 8 heteroatoms. The zero-order valence-corrected chi connectivity index (χ0v) is 12.7. The number of furan rings is 1. The molecule has 1 fully saturated rings. The van der Waals surface area contributed by atoms with E-state index in [2.05, 4.69) is 5.32 Å². The largest absolute Gasteiger partial charge is 0.467 e. The Balaban J connectivity index is 1.88. The van der Waals surface area contributed by atoms with Gasteiger partial charge in [0, 0.05) is 18.9 Å². The van der Waals surface area contributed by atoms with E-state index in [1.807, 2.05) is 0 Å². The van der Waals surface area contributed by atoms with Crippen molar-refractivity contribution in [1.82, 2.24) is 0 Å². The third-order valence-corrected chi connectivity index (χ3v) is 3.75. The fourth-order valence-corrected chi connectivity index (χ4v) is 2.60. The molecule has 2 heterocycles. The molecule has 24 heavy (non-hydrogen) atoms. The molecule has 124 valence electrons. The van der Waals surface area contributed by atoms with Crippen LogP contribution in [0, 0.1) is 10.1 Å². The first kappa shape index (κ1) is 15.7. The van der Waals surface area contributed by atoms with Crippen LogP contribution in [-0.4, -0.2) is 16.7 Å². The average Bonchev–Trinajstić information content (AvgIpc) is 3.06. The lowest BCUT2D eigenvalue weighted by molar-refractivity contribution is -0.383. The van der Waals surface area contributed by atoms with E-state index in [0.29, 0.717) is 12.2 Å². The van der Waals surface area contributed by atoms with Gasteiger partial charge < -0.3 is 9.73 Å². The van der Waals surface area contributed by atoms with E-state index < -0.39 is 4.92 Å². The van der Waals surface area contributed by atoms with E-state index in [4.69, 9.17) is 4.42 Å². The monoisotopic (exact) mass is 329 g/mol. The second-order valence-electron chi connectivity index (χ2n) is 5.37. The van der Waals surface area contributed by atoms with Crippen molar-refractivity contribution in [3.8, 4) is 0 Å². The standard InChI is InChI=1S/C16H15N3O5/c20-15-4-1-5-16(21)18(15)11-6-7-13(14(9-11)19(22)23)17-10-12-3-2-8-24-12/h2-3,6-9,17H,1,4-5,10H2. The highest BCUT2D eigenvalue weighted by Gasteiger charge is 2.29. The van der Waals surface area contributed by atoms with Crippen molar-refractivity contribution >= 4 is 28.9 Å². The first-order valence-corrected chi connectivity index (χ1v) is 7.47. The molecule has 0 unspecified atom stereocenters. The number of hydrogen-bond donors (Lipinski definition) is 1. The molecule has 1 saturated heterocycles. The summed E-state index contributed by atoms with van der Waals surface area (Å²) < 4.78 is 5.17. The van der Waals surface area contributed by atoms with E-state index >= 15 is 0 Å². The molecular formula is C16H15N3O5. The fraction of sp³-hybridized carbons (Fsp3) is 0.250. The van der Waals surface area contributed by atoms with Crippen LogP contribution >= 0.6 is 0 Å². The number of nitrogens with zero attached hydrogens (tertiary/aromatic N) is 2. The normalized spacial score (nSPS) is 14.8. The highest BCUT2D eigenvalue weighted by atomic mass is 16.6. The predicted molar refractivity (Wildman–Crippen MR) is 85.5 cm³/mol. The van der Waals surface area contributed by atoms with Gasteiger partial charge in [0.05, 0.1) is 23.4 Å². The summed E-state index contributed by atoms with van der Waals surface area (Å²) in [6.07, 6.45) is 2.55. The molecular weight excluding hydrogens is 314 g/mol. The molecule has 0 radical (unpaired) electrons. The first-order chi connectivity index (χ1) is 11.6. The minimum atomic E-state index is -0.549. The van der Waals surface area contributed by atoms with Crippen molar-refractivity contribution in [2.75, 3.05) is 10.2 Å². The number of hydrogen-bond acceptors (Lipinski definition) is 6. The van der Waals surface area contributed by atoms with Crippen LogP contribution < -0.4 is 10.2 Å². The number of carbonyl (C=O) groups excluding carboxylic acids is 2. The van der Waals surface area contributed by atoms with Crippen LogP contribution in [-0.2, 0) is 16.1 Å². The van der Waals surface area contributed by atoms with Crippen molar-refractivity contribution in [2.45, 2.75) is 25.8 Å². The lowest BCUT2D eigenvalue weighted by Gasteiger charge is -2.24. The molecule has 1 aromatic carbocycles. The van der Waals surface area contributed by atoms with Gasteiger partial charge in [0.1, 0.15) is 11.4 Å². The van der Waals surface area contributed by atoms with E-state index in [0.717, 1.165) is 4.90 Å². The van der Waals surface area contributed by atoms with Crippen LogP contribution in [0.25, 0.3) is 0 Å². The maximum atomic E-state index is 12.0. The van der Waals surface area contributed by atoms with Crippen LogP contribution in [0.3, 0.4) is 0 Å². The molecule has 0 saturated carbocycles. The molecule has 1 aliphatic heterocycles. The number of benzene rings is 1. The van der Waals surface area contributed by atoms with Gasteiger partial charge in [0.25, 0.3) is 5.69 Å². The number of anilines is 2. The van der Waals surface area contributed by atoms with E-state index in [1.54, 1.807) is 12.1 Å². The number of nitrogens with one attached hydrogen (secondary N) is 1. The number of rotatable bonds is 5. The van der Waals surface area contributed by atoms with Gasteiger partial charge in [-0.2, -0.15) is 0 Å². The molecule has 0 bridgehead atoms. The molecule has 0 aliphatic carbocycles. The number of piperidine rings is 1. The number of imide groups is 1. The lowest BCUT2D eigenvalue weighted by Crippen LogP contribution is -2.40. The summed E-state index contributed by atoms with van der Waals surface area (Å²) in [5.41, 5.74) is 0.308. The van der Waals surface area contributed by atoms with Gasteiger partial charge in [0.2, 0.25) is 11.8 Å². The van der Waals surface area contributed by atoms with Crippen molar-refractivity contribution in [2.24, 2.45) is 0 Å². The van der Waals surface area contributed by atoms with Crippen LogP contribution in [0.15, 0.2) is 41.0 Å². The number of nitro benzene ring substituents is 1. The minimum absolute atomic E-state index is 0.203. The molecule has 1 aliphatic rings. The van der Waals surface area contributed by atoms with Gasteiger partial charge in [-0.15, -0.1) is 0 Å². The minimum Gasteiger partial charge on any atom is -0.467 e. The van der Waals surface area contributed by atoms with Crippen molar-refractivity contribution in [3.05, 3.63) is 52.5 Å². The molecule has 8 nitrogen and oxygen atoms in total. The van der Waals surface area contributed by atoms with Gasteiger partial charge in [-0.05, 0) is 30.7 Å². The van der Waals surface area contributed by atoms with Gasteiger partial charge >= 0.3 is 0 Å². The summed E-state index contributed by atoms with van der Waals surface area (Å²) in [4.78, 5) is 35.7. The summed E-state index contributed by atoms with van der Waals surface area (Å²) in [6.45, 7) is 0.286. The Morgan fingerprint density at radius 3 is 2.58 bits per heavy atom. The Hall–Kier alpha value is -3.16. The van der Waals surface area contributed by atoms with Crippen molar-refractivity contribution in [1.29, 1.82) is 0 Å². The van der Waals surface area contributed by atoms with E-state index in [1.165, 1.54) is 24.5 Å². The second-order valence-corrected chi connectivity index (χ2v) is 5.37. The topological polar surface area (TPSA) is 106 Å². The third-order valence-electron chi connectivity index (χ3n) is 3.75. The van der Waals surface area contributed by atoms with Crippen molar-refractivity contribution < 1.29 is 18.9 Å². The van der Waals surface area contributed by atoms with Crippen LogP contribution in [0.5, 0.6) is 0 Å². The summed E-state index contributed by atoms with van der Waals surface area (Å²) in [7, 11) is 0. The Labute approximate surface area is 137 Å². The summed E-state index contributed by atoms with van der Waals surface area (Å²) in [6, 6.07) is 7.73. The highest BCUT2D eigenvalue weighted by molar-refractivity contribution is 6.16. The maximum absolute atomic E-state index is 12.0. The molecule has 0 atom stereocenters. The van der Waals surface area contributed by atoms with Gasteiger partial charge in [-0.25, -0.2) is 0 Å². The zero-order valence-electron chi connectivity index (χ0n) is 12.7. The van der Waals surface area contributed by atoms with Gasteiger partial charge in [-0.3, -0.25) is 24.6 Å².